The van der Waals surface area contributed by atoms with E-state index in [1.807, 2.05) is 12.4 Å². The van der Waals surface area contributed by atoms with Gasteiger partial charge in [0.15, 0.2) is 0 Å². The topological polar surface area (TPSA) is 12.9 Å². The molecule has 19 heavy (non-hydrogen) atoms. The van der Waals surface area contributed by atoms with Gasteiger partial charge in [0.25, 0.3) is 0 Å². The highest BCUT2D eigenvalue weighted by Crippen LogP contribution is 2.36. The first kappa shape index (κ1) is 12.4. The van der Waals surface area contributed by atoms with Gasteiger partial charge in [0.1, 0.15) is 0 Å². The molecular weight excluding hydrogens is 230 g/mol. The van der Waals surface area contributed by atoms with Crippen LogP contribution >= 0.6 is 0 Å². The van der Waals surface area contributed by atoms with E-state index in [1.54, 1.807) is 0 Å². The van der Waals surface area contributed by atoms with Gasteiger partial charge in [-0.2, -0.15) is 0 Å². The lowest BCUT2D eigenvalue weighted by molar-refractivity contribution is 0.324. The molecule has 1 aromatic carbocycles. The second-order valence-corrected chi connectivity index (χ2v) is 5.69. The Balaban J connectivity index is 1.55. The molecule has 3 rings (SSSR count). The van der Waals surface area contributed by atoms with E-state index < -0.39 is 0 Å². The molecule has 2 aromatic rings. The van der Waals surface area contributed by atoms with Crippen molar-refractivity contribution in [1.82, 2.24) is 4.98 Å². The van der Waals surface area contributed by atoms with E-state index in [2.05, 4.69) is 47.4 Å². The second-order valence-electron chi connectivity index (χ2n) is 5.69. The van der Waals surface area contributed by atoms with Crippen LogP contribution in [0.3, 0.4) is 0 Å². The lowest BCUT2D eigenvalue weighted by atomic mass is 9.77. The highest BCUT2D eigenvalue weighted by atomic mass is 14.6. The molecule has 1 saturated carbocycles. The highest BCUT2D eigenvalue weighted by molar-refractivity contribution is 5.20. The molecule has 1 aliphatic rings. The number of hydrogen-bond donors (Lipinski definition) is 0. The predicted molar refractivity (Wildman–Crippen MR) is 79.1 cm³/mol. The van der Waals surface area contributed by atoms with E-state index in [4.69, 9.17) is 0 Å². The molecule has 1 aromatic heterocycles. The molecule has 0 atom stereocenters. The standard InChI is InChI=1S/C18H21N/c1-2-4-17(5-3-1)18-8-6-15(7-9-18)14-16-10-12-19-13-11-16/h1-5,10-13,15,18H,6-9,14H2. The van der Waals surface area contributed by atoms with Crippen LogP contribution in [0.2, 0.25) is 0 Å². The third-order valence-electron chi connectivity index (χ3n) is 4.39. The quantitative estimate of drug-likeness (QED) is 0.777. The van der Waals surface area contributed by atoms with E-state index in [9.17, 15) is 0 Å². The van der Waals surface area contributed by atoms with Crippen molar-refractivity contribution in [2.24, 2.45) is 5.92 Å². The number of benzene rings is 1. The van der Waals surface area contributed by atoms with E-state index in [-0.39, 0.29) is 0 Å². The molecule has 0 unspecified atom stereocenters. The van der Waals surface area contributed by atoms with Crippen molar-refractivity contribution in [2.75, 3.05) is 0 Å². The van der Waals surface area contributed by atoms with Crippen LogP contribution in [0, 0.1) is 5.92 Å². The van der Waals surface area contributed by atoms with Crippen molar-refractivity contribution in [3.05, 3.63) is 66.0 Å². The molecule has 0 radical (unpaired) electrons. The predicted octanol–water partition coefficient (Wildman–Crippen LogP) is 4.60. The fraction of sp³-hybridized carbons (Fsp3) is 0.389. The van der Waals surface area contributed by atoms with E-state index in [0.29, 0.717) is 0 Å². The maximum Gasteiger partial charge on any atom is 0.0270 e. The number of pyridine rings is 1. The number of nitrogens with zero attached hydrogens (tertiary/aromatic N) is 1. The molecule has 1 heteroatoms. The molecule has 0 amide bonds. The maximum absolute atomic E-state index is 4.09. The van der Waals surface area contributed by atoms with Crippen LogP contribution in [0.15, 0.2) is 54.9 Å². The van der Waals surface area contributed by atoms with Gasteiger partial charge in [-0.05, 0) is 67.2 Å². The summed E-state index contributed by atoms with van der Waals surface area (Å²) in [5.41, 5.74) is 2.98. The molecule has 0 bridgehead atoms. The average molecular weight is 251 g/mol. The molecule has 1 nitrogen and oxygen atoms in total. The SMILES string of the molecule is c1ccc(C2CCC(Cc3ccncc3)CC2)cc1. The Hall–Kier alpha value is -1.63. The van der Waals surface area contributed by atoms with Gasteiger partial charge in [0, 0.05) is 12.4 Å². The van der Waals surface area contributed by atoms with Gasteiger partial charge >= 0.3 is 0 Å². The Morgan fingerprint density at radius 2 is 1.53 bits per heavy atom. The summed E-state index contributed by atoms with van der Waals surface area (Å²) < 4.78 is 0. The van der Waals surface area contributed by atoms with Gasteiger partial charge in [-0.15, -0.1) is 0 Å². The summed E-state index contributed by atoms with van der Waals surface area (Å²) in [7, 11) is 0. The minimum Gasteiger partial charge on any atom is -0.265 e. The first-order valence-corrected chi connectivity index (χ1v) is 7.35. The van der Waals surface area contributed by atoms with Gasteiger partial charge in [-0.3, -0.25) is 4.98 Å². The van der Waals surface area contributed by atoms with Gasteiger partial charge in [-0.25, -0.2) is 0 Å². The Morgan fingerprint density at radius 3 is 2.21 bits per heavy atom. The zero-order chi connectivity index (χ0) is 12.9. The zero-order valence-electron chi connectivity index (χ0n) is 11.3. The van der Waals surface area contributed by atoms with Crippen molar-refractivity contribution in [3.8, 4) is 0 Å². The van der Waals surface area contributed by atoms with E-state index in [0.717, 1.165) is 11.8 Å². The van der Waals surface area contributed by atoms with E-state index >= 15 is 0 Å². The van der Waals surface area contributed by atoms with Crippen LogP contribution < -0.4 is 0 Å². The summed E-state index contributed by atoms with van der Waals surface area (Å²) in [4.78, 5) is 4.09. The number of hydrogen-bond acceptors (Lipinski definition) is 1. The molecule has 1 heterocycles. The summed E-state index contributed by atoms with van der Waals surface area (Å²) in [6.45, 7) is 0. The third kappa shape index (κ3) is 3.23. The second kappa shape index (κ2) is 6.01. The highest BCUT2D eigenvalue weighted by Gasteiger charge is 2.22. The molecule has 98 valence electrons. The monoisotopic (exact) mass is 251 g/mol. The molecule has 1 fully saturated rings. The Kier molecular flexibility index (Phi) is 3.92. The van der Waals surface area contributed by atoms with Crippen molar-refractivity contribution >= 4 is 0 Å². The van der Waals surface area contributed by atoms with Crippen LogP contribution in [0.4, 0.5) is 0 Å². The molecule has 0 saturated heterocycles. The van der Waals surface area contributed by atoms with Crippen molar-refractivity contribution in [1.29, 1.82) is 0 Å². The molecular formula is C18H21N. The maximum atomic E-state index is 4.09. The zero-order valence-corrected chi connectivity index (χ0v) is 11.3. The normalized spacial score (nSPS) is 23.2. The first-order valence-electron chi connectivity index (χ1n) is 7.35. The van der Waals surface area contributed by atoms with Crippen molar-refractivity contribution in [2.45, 2.75) is 38.0 Å². The van der Waals surface area contributed by atoms with Crippen LogP contribution in [-0.4, -0.2) is 4.98 Å². The fourth-order valence-electron chi connectivity index (χ4n) is 3.28. The number of rotatable bonds is 3. The van der Waals surface area contributed by atoms with Gasteiger partial charge in [0.2, 0.25) is 0 Å². The van der Waals surface area contributed by atoms with Crippen LogP contribution in [0.25, 0.3) is 0 Å². The first-order chi connectivity index (χ1) is 9.42. The lowest BCUT2D eigenvalue weighted by Crippen LogP contribution is -2.15. The summed E-state index contributed by atoms with van der Waals surface area (Å²) in [5.74, 6) is 1.65. The van der Waals surface area contributed by atoms with Gasteiger partial charge in [0.05, 0.1) is 0 Å². The van der Waals surface area contributed by atoms with Crippen LogP contribution in [-0.2, 0) is 6.42 Å². The summed E-state index contributed by atoms with van der Waals surface area (Å²) >= 11 is 0. The summed E-state index contributed by atoms with van der Waals surface area (Å²) in [6.07, 6.45) is 10.5. The van der Waals surface area contributed by atoms with Gasteiger partial charge in [-0.1, -0.05) is 30.3 Å². The van der Waals surface area contributed by atoms with Crippen molar-refractivity contribution < 1.29 is 0 Å². The molecule has 1 aliphatic carbocycles. The van der Waals surface area contributed by atoms with Crippen LogP contribution in [0.1, 0.15) is 42.7 Å². The minimum absolute atomic E-state index is 0.787. The fourth-order valence-corrected chi connectivity index (χ4v) is 3.28. The molecule has 0 spiro atoms. The lowest BCUT2D eigenvalue weighted by Gasteiger charge is -2.28. The largest absolute Gasteiger partial charge is 0.265 e. The van der Waals surface area contributed by atoms with Crippen LogP contribution in [0.5, 0.6) is 0 Å². The Labute approximate surface area is 115 Å². The average Bonchev–Trinajstić information content (AvgIpc) is 2.50. The Morgan fingerprint density at radius 1 is 0.842 bits per heavy atom. The van der Waals surface area contributed by atoms with Gasteiger partial charge < -0.3 is 0 Å². The van der Waals surface area contributed by atoms with E-state index in [1.165, 1.54) is 43.2 Å². The smallest absolute Gasteiger partial charge is 0.0270 e. The number of aromatic nitrogens is 1. The summed E-state index contributed by atoms with van der Waals surface area (Å²) in [6, 6.07) is 15.3. The Bertz CT molecular complexity index is 484. The third-order valence-corrected chi connectivity index (χ3v) is 4.39. The van der Waals surface area contributed by atoms with Crippen molar-refractivity contribution in [3.63, 3.8) is 0 Å². The summed E-state index contributed by atoms with van der Waals surface area (Å²) in [5, 5.41) is 0. The molecule has 0 aliphatic heterocycles. The minimum atomic E-state index is 0.787. The molecule has 0 N–H and O–H groups in total.